The molecular weight excluding hydrogens is 1030 g/mol. The Kier molecular flexibility index (Phi) is 56.7. The van der Waals surface area contributed by atoms with Crippen LogP contribution in [0.3, 0.4) is 0 Å². The molecule has 11 nitrogen and oxygen atoms in total. The summed E-state index contributed by atoms with van der Waals surface area (Å²) in [6, 6.07) is -0.836. The van der Waals surface area contributed by atoms with Crippen LogP contribution in [0.25, 0.3) is 0 Å². The molecule has 7 atom stereocenters. The lowest BCUT2D eigenvalue weighted by atomic mass is 9.99. The van der Waals surface area contributed by atoms with E-state index in [1.165, 1.54) is 218 Å². The minimum absolute atomic E-state index is 0.00523. The monoisotopic (exact) mass is 1160 g/mol. The van der Waals surface area contributed by atoms with Crippen LogP contribution in [0.2, 0.25) is 0 Å². The number of amides is 1. The second-order valence-electron chi connectivity index (χ2n) is 23.8. The van der Waals surface area contributed by atoms with Gasteiger partial charge in [0.05, 0.1) is 32.0 Å². The molecule has 1 aliphatic rings. The number of ether oxygens (including phenoxy) is 3. The molecule has 1 rings (SSSR count). The zero-order valence-electron chi connectivity index (χ0n) is 52.9. The zero-order valence-corrected chi connectivity index (χ0v) is 52.9. The number of rotatable bonds is 60. The zero-order chi connectivity index (χ0) is 59.5. The van der Waals surface area contributed by atoms with E-state index in [9.17, 15) is 35.1 Å². The van der Waals surface area contributed by atoms with E-state index < -0.39 is 49.5 Å². The highest BCUT2D eigenvalue weighted by molar-refractivity contribution is 5.76. The Morgan fingerprint density at radius 2 is 0.805 bits per heavy atom. The molecule has 0 saturated carbocycles. The van der Waals surface area contributed by atoms with Crippen LogP contribution >= 0.6 is 0 Å². The average Bonchev–Trinajstić information content (AvgIpc) is 3.68. The molecule has 1 aliphatic heterocycles. The van der Waals surface area contributed by atoms with Gasteiger partial charge in [-0.05, 0) is 103 Å². The van der Waals surface area contributed by atoms with Crippen LogP contribution in [0.4, 0.5) is 0 Å². The number of carbonyl (C=O) groups is 2. The molecule has 478 valence electrons. The van der Waals surface area contributed by atoms with Gasteiger partial charge in [0.1, 0.15) is 24.4 Å². The van der Waals surface area contributed by atoms with E-state index >= 15 is 0 Å². The standard InChI is InChI=1S/C71H129NO10/c1-3-5-7-9-11-13-15-16-31-34-38-41-45-49-53-57-64(74)63(62-81-71-70(79)69(78)68(77)65(61-73)82-71)72-66(75)58-54-50-46-42-39-35-32-29-27-25-23-21-19-17-18-20-22-24-26-28-30-33-36-40-44-48-52-56-60-80-67(76)59-55-51-47-43-37-14-12-10-8-6-4-2/h10,12,15-18,38,41,53,57,63-65,68-71,73-74,77-79H,3-9,11,13-14,19-37,39-40,42-52,54-56,58-62H2,1-2H3,(H,72,75)/b12-10-,16-15+,18-17-,41-38+,57-53+. The second kappa shape index (κ2) is 60.1. The highest BCUT2D eigenvalue weighted by Crippen LogP contribution is 2.23. The number of aliphatic hydroxyl groups is 5. The highest BCUT2D eigenvalue weighted by Gasteiger charge is 2.44. The van der Waals surface area contributed by atoms with E-state index in [0.717, 1.165) is 70.6 Å². The Morgan fingerprint density at radius 1 is 0.439 bits per heavy atom. The fourth-order valence-corrected chi connectivity index (χ4v) is 10.6. The van der Waals surface area contributed by atoms with Crippen molar-refractivity contribution in [1.82, 2.24) is 5.32 Å². The van der Waals surface area contributed by atoms with E-state index in [1.54, 1.807) is 6.08 Å². The van der Waals surface area contributed by atoms with Gasteiger partial charge in [-0.15, -0.1) is 0 Å². The summed E-state index contributed by atoms with van der Waals surface area (Å²) in [5, 5.41) is 54.5. The molecule has 1 fully saturated rings. The molecule has 82 heavy (non-hydrogen) atoms. The molecule has 0 aromatic heterocycles. The number of nitrogens with one attached hydrogen (secondary N) is 1. The molecule has 11 heteroatoms. The summed E-state index contributed by atoms with van der Waals surface area (Å²) in [5.41, 5.74) is 0. The first-order valence-corrected chi connectivity index (χ1v) is 34.6. The van der Waals surface area contributed by atoms with E-state index in [1.807, 2.05) is 6.08 Å². The molecule has 0 aliphatic carbocycles. The van der Waals surface area contributed by atoms with Crippen molar-refractivity contribution in [3.05, 3.63) is 60.8 Å². The summed E-state index contributed by atoms with van der Waals surface area (Å²) in [6.07, 6.45) is 69.1. The molecule has 0 radical (unpaired) electrons. The number of unbranched alkanes of at least 4 members (excludes halogenated alkanes) is 38. The van der Waals surface area contributed by atoms with E-state index in [0.29, 0.717) is 19.4 Å². The van der Waals surface area contributed by atoms with Gasteiger partial charge in [-0.2, -0.15) is 0 Å². The maximum atomic E-state index is 13.1. The third-order valence-corrected chi connectivity index (χ3v) is 16.1. The van der Waals surface area contributed by atoms with E-state index in [-0.39, 0.29) is 18.5 Å². The van der Waals surface area contributed by atoms with Gasteiger partial charge >= 0.3 is 5.97 Å². The van der Waals surface area contributed by atoms with Crippen LogP contribution in [-0.2, 0) is 23.8 Å². The van der Waals surface area contributed by atoms with Crippen molar-refractivity contribution in [1.29, 1.82) is 0 Å². The van der Waals surface area contributed by atoms with Gasteiger partial charge in [-0.25, -0.2) is 0 Å². The van der Waals surface area contributed by atoms with Crippen molar-refractivity contribution in [2.24, 2.45) is 0 Å². The lowest BCUT2D eigenvalue weighted by Gasteiger charge is -2.40. The summed E-state index contributed by atoms with van der Waals surface area (Å²) in [7, 11) is 0. The maximum Gasteiger partial charge on any atom is 0.305 e. The number of carbonyl (C=O) groups excluding carboxylic acids is 2. The van der Waals surface area contributed by atoms with Crippen LogP contribution in [0.15, 0.2) is 60.8 Å². The first-order valence-electron chi connectivity index (χ1n) is 34.6. The predicted molar refractivity (Wildman–Crippen MR) is 343 cm³/mol. The maximum absolute atomic E-state index is 13.1. The summed E-state index contributed by atoms with van der Waals surface area (Å²) in [4.78, 5) is 25.1. The first kappa shape index (κ1) is 77.4. The fourth-order valence-electron chi connectivity index (χ4n) is 10.6. The van der Waals surface area contributed by atoms with E-state index in [4.69, 9.17) is 14.2 Å². The normalized spacial score (nSPS) is 18.5. The molecule has 6 N–H and O–H groups in total. The number of esters is 1. The Hall–Kier alpha value is -2.64. The lowest BCUT2D eigenvalue weighted by molar-refractivity contribution is -0.302. The van der Waals surface area contributed by atoms with E-state index in [2.05, 4.69) is 67.8 Å². The van der Waals surface area contributed by atoms with Crippen molar-refractivity contribution < 1.29 is 49.3 Å². The Morgan fingerprint density at radius 3 is 1.24 bits per heavy atom. The van der Waals surface area contributed by atoms with Gasteiger partial charge < -0.3 is 45.1 Å². The van der Waals surface area contributed by atoms with Crippen molar-refractivity contribution in [3.8, 4) is 0 Å². The van der Waals surface area contributed by atoms with Gasteiger partial charge in [-0.3, -0.25) is 9.59 Å². The topological polar surface area (TPSA) is 175 Å². The molecule has 7 unspecified atom stereocenters. The number of hydrogen-bond donors (Lipinski definition) is 6. The lowest BCUT2D eigenvalue weighted by Crippen LogP contribution is -2.60. The Labute approximate surface area is 503 Å². The molecular formula is C71H129NO10. The van der Waals surface area contributed by atoms with Crippen molar-refractivity contribution in [2.75, 3.05) is 19.8 Å². The average molecular weight is 1160 g/mol. The molecule has 1 saturated heterocycles. The second-order valence-corrected chi connectivity index (χ2v) is 23.8. The smallest absolute Gasteiger partial charge is 0.305 e. The summed E-state index contributed by atoms with van der Waals surface area (Å²) >= 11 is 0. The third-order valence-electron chi connectivity index (χ3n) is 16.1. The summed E-state index contributed by atoms with van der Waals surface area (Å²) in [6.45, 7) is 4.29. The summed E-state index contributed by atoms with van der Waals surface area (Å²) in [5.74, 6) is -0.201. The highest BCUT2D eigenvalue weighted by atomic mass is 16.7. The predicted octanol–water partition coefficient (Wildman–Crippen LogP) is 17.3. The fraction of sp³-hybridized carbons (Fsp3) is 0.831. The van der Waals surface area contributed by atoms with Gasteiger partial charge in [0.15, 0.2) is 6.29 Å². The number of allylic oxidation sites excluding steroid dienone is 9. The van der Waals surface area contributed by atoms with Crippen LogP contribution in [0.1, 0.15) is 316 Å². The van der Waals surface area contributed by atoms with Crippen LogP contribution < -0.4 is 5.32 Å². The molecule has 0 spiro atoms. The Balaban J connectivity index is 2.03. The van der Waals surface area contributed by atoms with Crippen molar-refractivity contribution in [2.45, 2.75) is 358 Å². The quantitative estimate of drug-likeness (QED) is 0.0195. The van der Waals surface area contributed by atoms with Gasteiger partial charge in [0.2, 0.25) is 5.91 Å². The SMILES string of the molecule is CCCC/C=C\CCCCCCCC(=O)OCCCCCCCCCCCCCC/C=C\CCCCCCCCCCCCCCC(=O)NC(COC1OC(CO)C(O)C(O)C1O)C(O)/C=C/CC/C=C/CC/C=C/CCCCCCC. The molecule has 0 aromatic rings. The first-order chi connectivity index (χ1) is 40.2. The Bertz CT molecular complexity index is 1550. The van der Waals surface area contributed by atoms with Crippen molar-refractivity contribution >= 4 is 11.9 Å². The summed E-state index contributed by atoms with van der Waals surface area (Å²) < 4.78 is 16.7. The largest absolute Gasteiger partial charge is 0.466 e. The minimum Gasteiger partial charge on any atom is -0.466 e. The third kappa shape index (κ3) is 48.6. The minimum atomic E-state index is -1.58. The van der Waals surface area contributed by atoms with Gasteiger partial charge in [0.25, 0.3) is 0 Å². The van der Waals surface area contributed by atoms with Crippen molar-refractivity contribution in [3.63, 3.8) is 0 Å². The molecule has 0 bridgehead atoms. The number of aliphatic hydroxyl groups excluding tert-OH is 5. The van der Waals surface area contributed by atoms with Gasteiger partial charge in [-0.1, -0.05) is 261 Å². The molecule has 1 amide bonds. The van der Waals surface area contributed by atoms with Crippen LogP contribution in [0.5, 0.6) is 0 Å². The number of hydrogen-bond acceptors (Lipinski definition) is 10. The van der Waals surface area contributed by atoms with Gasteiger partial charge in [0, 0.05) is 12.8 Å². The molecule has 1 heterocycles. The molecule has 0 aromatic carbocycles. The van der Waals surface area contributed by atoms with Crippen LogP contribution in [-0.4, -0.2) is 100 Å². The van der Waals surface area contributed by atoms with Crippen LogP contribution in [0, 0.1) is 0 Å².